The number of fused-ring (bicyclic) bond motifs is 1. The molecule has 0 fully saturated rings. The van der Waals surface area contributed by atoms with Crippen molar-refractivity contribution in [2.75, 3.05) is 0 Å². The van der Waals surface area contributed by atoms with Crippen LogP contribution in [-0.2, 0) is 6.54 Å². The van der Waals surface area contributed by atoms with Crippen LogP contribution in [0.25, 0.3) is 10.9 Å². The number of carboxylic acids is 1. The van der Waals surface area contributed by atoms with Crippen molar-refractivity contribution in [3.05, 3.63) is 52.1 Å². The number of aryl methyl sites for hydroxylation is 1. The van der Waals surface area contributed by atoms with Crippen LogP contribution in [0.15, 0.2) is 35.8 Å². The molecule has 19 heavy (non-hydrogen) atoms. The number of benzene rings is 1. The zero-order valence-electron chi connectivity index (χ0n) is 10.3. The van der Waals surface area contributed by atoms with Crippen LogP contribution in [0.2, 0.25) is 0 Å². The second-order valence-corrected chi connectivity index (χ2v) is 5.32. The SMILES string of the molecule is Cc1csc(Cn2cc(C(=O)O)c3ccccc32)n1. The number of aromatic carboxylic acids is 1. The summed E-state index contributed by atoms with van der Waals surface area (Å²) >= 11 is 1.59. The van der Waals surface area contributed by atoms with E-state index in [9.17, 15) is 9.90 Å². The minimum absolute atomic E-state index is 0.337. The number of nitrogens with zero attached hydrogens (tertiary/aromatic N) is 2. The van der Waals surface area contributed by atoms with Crippen molar-refractivity contribution < 1.29 is 9.90 Å². The third-order valence-corrected chi connectivity index (χ3v) is 3.94. The molecule has 0 radical (unpaired) electrons. The molecule has 0 aliphatic carbocycles. The van der Waals surface area contributed by atoms with Gasteiger partial charge >= 0.3 is 5.97 Å². The molecule has 0 spiro atoms. The molecule has 0 unspecified atom stereocenters. The maximum atomic E-state index is 11.3. The molecule has 0 saturated heterocycles. The lowest BCUT2D eigenvalue weighted by Crippen LogP contribution is -1.98. The van der Waals surface area contributed by atoms with Crippen molar-refractivity contribution in [3.8, 4) is 0 Å². The van der Waals surface area contributed by atoms with E-state index in [-0.39, 0.29) is 0 Å². The van der Waals surface area contributed by atoms with E-state index in [1.54, 1.807) is 17.5 Å². The highest BCUT2D eigenvalue weighted by molar-refractivity contribution is 7.09. The maximum Gasteiger partial charge on any atom is 0.337 e. The summed E-state index contributed by atoms with van der Waals surface area (Å²) < 4.78 is 1.94. The van der Waals surface area contributed by atoms with E-state index in [1.807, 2.05) is 41.1 Å². The highest BCUT2D eigenvalue weighted by Crippen LogP contribution is 2.23. The average molecular weight is 272 g/mol. The van der Waals surface area contributed by atoms with E-state index in [0.717, 1.165) is 21.6 Å². The minimum Gasteiger partial charge on any atom is -0.478 e. The molecule has 96 valence electrons. The topological polar surface area (TPSA) is 55.1 Å². The summed E-state index contributed by atoms with van der Waals surface area (Å²) in [6.45, 7) is 2.56. The fourth-order valence-electron chi connectivity index (χ4n) is 2.17. The largest absolute Gasteiger partial charge is 0.478 e. The van der Waals surface area contributed by atoms with Gasteiger partial charge in [0.25, 0.3) is 0 Å². The first-order chi connectivity index (χ1) is 9.15. The highest BCUT2D eigenvalue weighted by Gasteiger charge is 2.14. The molecule has 0 aliphatic heterocycles. The summed E-state index contributed by atoms with van der Waals surface area (Å²) in [7, 11) is 0. The van der Waals surface area contributed by atoms with Crippen LogP contribution in [0.1, 0.15) is 21.1 Å². The number of para-hydroxylation sites is 1. The van der Waals surface area contributed by atoms with Crippen molar-refractivity contribution >= 4 is 28.2 Å². The Morgan fingerprint density at radius 1 is 1.42 bits per heavy atom. The average Bonchev–Trinajstić information content (AvgIpc) is 2.95. The van der Waals surface area contributed by atoms with Gasteiger partial charge in [-0.3, -0.25) is 0 Å². The fourth-order valence-corrected chi connectivity index (χ4v) is 2.94. The first kappa shape index (κ1) is 11.9. The maximum absolute atomic E-state index is 11.3. The van der Waals surface area contributed by atoms with E-state index < -0.39 is 5.97 Å². The van der Waals surface area contributed by atoms with E-state index in [2.05, 4.69) is 4.98 Å². The lowest BCUT2D eigenvalue weighted by Gasteiger charge is -2.01. The summed E-state index contributed by atoms with van der Waals surface area (Å²) in [6.07, 6.45) is 1.68. The molecule has 4 nitrogen and oxygen atoms in total. The van der Waals surface area contributed by atoms with Crippen LogP contribution in [-0.4, -0.2) is 20.6 Å². The summed E-state index contributed by atoms with van der Waals surface area (Å²) in [5, 5.41) is 13.0. The van der Waals surface area contributed by atoms with Crippen LogP contribution in [0, 0.1) is 6.92 Å². The Labute approximate surface area is 113 Å². The molecular weight excluding hydrogens is 260 g/mol. The van der Waals surface area contributed by atoms with Crippen LogP contribution in [0.4, 0.5) is 0 Å². The Morgan fingerprint density at radius 2 is 2.21 bits per heavy atom. The molecular formula is C14H12N2O2S. The van der Waals surface area contributed by atoms with Crippen LogP contribution in [0.5, 0.6) is 0 Å². The van der Waals surface area contributed by atoms with Gasteiger partial charge in [-0.05, 0) is 13.0 Å². The van der Waals surface area contributed by atoms with Gasteiger partial charge in [-0.1, -0.05) is 18.2 Å². The zero-order valence-corrected chi connectivity index (χ0v) is 11.1. The van der Waals surface area contributed by atoms with Crippen LogP contribution < -0.4 is 0 Å². The quantitative estimate of drug-likeness (QED) is 0.796. The molecule has 1 aromatic carbocycles. The molecule has 0 saturated carbocycles. The van der Waals surface area contributed by atoms with E-state index in [4.69, 9.17) is 0 Å². The van der Waals surface area contributed by atoms with Crippen molar-refractivity contribution in [1.82, 2.24) is 9.55 Å². The standard InChI is InChI=1S/C14H12N2O2S/c1-9-8-19-13(15-9)7-16-6-11(14(17)18)10-4-2-3-5-12(10)16/h2-6,8H,7H2,1H3,(H,17,18). The van der Waals surface area contributed by atoms with Crippen molar-refractivity contribution in [1.29, 1.82) is 0 Å². The smallest absolute Gasteiger partial charge is 0.337 e. The summed E-state index contributed by atoms with van der Waals surface area (Å²) in [4.78, 5) is 15.7. The van der Waals surface area contributed by atoms with Gasteiger partial charge in [0.2, 0.25) is 0 Å². The molecule has 3 rings (SSSR count). The van der Waals surface area contributed by atoms with Crippen LogP contribution >= 0.6 is 11.3 Å². The number of carbonyl (C=O) groups is 1. The van der Waals surface area contributed by atoms with E-state index in [1.165, 1.54) is 0 Å². The Balaban J connectivity index is 2.11. The molecule has 5 heteroatoms. The molecule has 0 bridgehead atoms. The summed E-state index contributed by atoms with van der Waals surface area (Å²) in [5.74, 6) is -0.898. The first-order valence-corrected chi connectivity index (χ1v) is 6.75. The number of rotatable bonds is 3. The van der Waals surface area contributed by atoms with Gasteiger partial charge in [0.15, 0.2) is 0 Å². The molecule has 0 amide bonds. The Bertz CT molecular complexity index is 758. The monoisotopic (exact) mass is 272 g/mol. The molecule has 1 N–H and O–H groups in total. The van der Waals surface area contributed by atoms with Gasteiger partial charge in [0.05, 0.1) is 12.1 Å². The van der Waals surface area contributed by atoms with Gasteiger partial charge < -0.3 is 9.67 Å². The molecule has 3 aromatic rings. The predicted octanol–water partition coefficient (Wildman–Crippen LogP) is 3.15. The summed E-state index contributed by atoms with van der Waals surface area (Å²) in [6, 6.07) is 7.54. The number of thiazole rings is 1. The third-order valence-electron chi connectivity index (χ3n) is 2.99. The van der Waals surface area contributed by atoms with Crippen molar-refractivity contribution in [3.63, 3.8) is 0 Å². The molecule has 0 aliphatic rings. The predicted molar refractivity (Wildman–Crippen MR) is 74.9 cm³/mol. The number of hydrogen-bond acceptors (Lipinski definition) is 3. The van der Waals surface area contributed by atoms with Crippen molar-refractivity contribution in [2.24, 2.45) is 0 Å². The first-order valence-electron chi connectivity index (χ1n) is 5.87. The van der Waals surface area contributed by atoms with E-state index in [0.29, 0.717) is 12.1 Å². The van der Waals surface area contributed by atoms with Gasteiger partial charge in [-0.25, -0.2) is 9.78 Å². The zero-order chi connectivity index (χ0) is 13.4. The van der Waals surface area contributed by atoms with E-state index >= 15 is 0 Å². The van der Waals surface area contributed by atoms with Crippen LogP contribution in [0.3, 0.4) is 0 Å². The second kappa shape index (κ2) is 4.51. The normalized spacial score (nSPS) is 11.0. The Morgan fingerprint density at radius 3 is 2.89 bits per heavy atom. The molecule has 0 atom stereocenters. The number of hydrogen-bond donors (Lipinski definition) is 1. The molecule has 2 aromatic heterocycles. The number of carboxylic acid groups (broad SMARTS) is 1. The third kappa shape index (κ3) is 2.13. The highest BCUT2D eigenvalue weighted by atomic mass is 32.1. The molecule has 2 heterocycles. The Kier molecular flexibility index (Phi) is 2.83. The summed E-state index contributed by atoms with van der Waals surface area (Å²) in [5.41, 5.74) is 2.26. The minimum atomic E-state index is -0.898. The lowest BCUT2D eigenvalue weighted by atomic mass is 10.2. The van der Waals surface area contributed by atoms with Gasteiger partial charge in [0, 0.05) is 28.2 Å². The Hall–Kier alpha value is -2.14. The number of aromatic nitrogens is 2. The van der Waals surface area contributed by atoms with Gasteiger partial charge in [-0.15, -0.1) is 11.3 Å². The second-order valence-electron chi connectivity index (χ2n) is 4.38. The lowest BCUT2D eigenvalue weighted by molar-refractivity contribution is 0.0699. The van der Waals surface area contributed by atoms with Crippen molar-refractivity contribution in [2.45, 2.75) is 13.5 Å². The van der Waals surface area contributed by atoms with Gasteiger partial charge in [-0.2, -0.15) is 0 Å². The van der Waals surface area contributed by atoms with Gasteiger partial charge in [0.1, 0.15) is 5.01 Å². The fraction of sp³-hybridized carbons (Fsp3) is 0.143.